The molecule has 1 unspecified atom stereocenters. The van der Waals surface area contributed by atoms with Gasteiger partial charge in [0.25, 0.3) is 11.8 Å². The molecule has 0 saturated carbocycles. The lowest BCUT2D eigenvalue weighted by Gasteiger charge is -2.37. The highest BCUT2D eigenvalue weighted by atomic mass is 16.4. The van der Waals surface area contributed by atoms with Crippen LogP contribution in [-0.4, -0.2) is 81.8 Å². The number of piperazine rings is 1. The fourth-order valence-corrected chi connectivity index (χ4v) is 4.53. The molecule has 1 atom stereocenters. The summed E-state index contributed by atoms with van der Waals surface area (Å²) < 4.78 is 0. The summed E-state index contributed by atoms with van der Waals surface area (Å²) in [6, 6.07) is 4.04. The molecule has 4 heterocycles. The number of carbonyl (C=O) groups is 5. The van der Waals surface area contributed by atoms with E-state index in [1.165, 1.54) is 12.4 Å². The molecule has 174 valence electrons. The number of carbonyl (C=O) groups excluding carboxylic acids is 4. The average molecular weight is 464 g/mol. The molecule has 3 aliphatic rings. The fraction of sp³-hybridized carbons (Fsp3) is 0.318. The summed E-state index contributed by atoms with van der Waals surface area (Å²) in [5.74, 6) is -2.73. The molecule has 0 bridgehead atoms. The van der Waals surface area contributed by atoms with Gasteiger partial charge in [-0.05, 0) is 18.6 Å². The van der Waals surface area contributed by atoms with Gasteiger partial charge in [-0.3, -0.25) is 29.4 Å². The van der Waals surface area contributed by atoms with Crippen LogP contribution in [0.3, 0.4) is 0 Å². The predicted molar refractivity (Wildman–Crippen MR) is 117 cm³/mol. The van der Waals surface area contributed by atoms with Gasteiger partial charge in [-0.2, -0.15) is 0 Å². The molecule has 3 aliphatic heterocycles. The van der Waals surface area contributed by atoms with Crippen molar-refractivity contribution in [1.82, 2.24) is 20.2 Å². The van der Waals surface area contributed by atoms with Crippen molar-refractivity contribution in [3.8, 4) is 0 Å². The van der Waals surface area contributed by atoms with Gasteiger partial charge in [-0.1, -0.05) is 6.07 Å². The lowest BCUT2D eigenvalue weighted by molar-refractivity contribution is -0.136. The van der Waals surface area contributed by atoms with Gasteiger partial charge in [-0.25, -0.2) is 14.8 Å². The molecular formula is C22H20N6O6. The number of aromatic carboxylic acids is 1. The molecule has 2 saturated heterocycles. The number of rotatable bonds is 4. The third-order valence-corrected chi connectivity index (χ3v) is 6.25. The highest BCUT2D eigenvalue weighted by Gasteiger charge is 2.46. The normalized spacial score (nSPS) is 20.5. The number of hydrogen-bond donors (Lipinski definition) is 2. The first-order valence-corrected chi connectivity index (χ1v) is 10.7. The SMILES string of the molecule is O=C1CCC(N2C(=O)c3cccc(N4CCN(c5cnc(C(=O)O)cn5)CC4)c3C2=O)C(=O)N1. The molecule has 0 radical (unpaired) electrons. The number of anilines is 2. The Hall–Kier alpha value is -4.35. The van der Waals surface area contributed by atoms with Crippen molar-refractivity contribution in [3.63, 3.8) is 0 Å². The van der Waals surface area contributed by atoms with E-state index in [1.54, 1.807) is 18.2 Å². The van der Waals surface area contributed by atoms with Crippen LogP contribution in [0.4, 0.5) is 11.5 Å². The van der Waals surface area contributed by atoms with Gasteiger partial charge in [0.2, 0.25) is 11.8 Å². The number of carboxylic acid groups (broad SMARTS) is 1. The van der Waals surface area contributed by atoms with E-state index in [0.29, 0.717) is 37.7 Å². The van der Waals surface area contributed by atoms with E-state index < -0.39 is 35.6 Å². The van der Waals surface area contributed by atoms with Crippen molar-refractivity contribution in [2.24, 2.45) is 0 Å². The van der Waals surface area contributed by atoms with E-state index >= 15 is 0 Å². The number of aromatic nitrogens is 2. The summed E-state index contributed by atoms with van der Waals surface area (Å²) in [6.45, 7) is 2.14. The Bertz CT molecular complexity index is 1220. The molecular weight excluding hydrogens is 444 g/mol. The van der Waals surface area contributed by atoms with Crippen LogP contribution in [0.5, 0.6) is 0 Å². The van der Waals surface area contributed by atoms with E-state index in [9.17, 15) is 24.0 Å². The molecule has 5 rings (SSSR count). The van der Waals surface area contributed by atoms with Gasteiger partial charge in [-0.15, -0.1) is 0 Å². The number of amides is 4. The number of hydrogen-bond acceptors (Lipinski definition) is 9. The Morgan fingerprint density at radius 3 is 2.35 bits per heavy atom. The van der Waals surface area contributed by atoms with E-state index in [2.05, 4.69) is 15.3 Å². The van der Waals surface area contributed by atoms with E-state index in [1.807, 2.05) is 9.80 Å². The number of fused-ring (bicyclic) bond motifs is 1. The minimum absolute atomic E-state index is 0.0644. The van der Waals surface area contributed by atoms with Crippen LogP contribution in [0.1, 0.15) is 44.0 Å². The zero-order valence-electron chi connectivity index (χ0n) is 17.9. The van der Waals surface area contributed by atoms with E-state index in [4.69, 9.17) is 5.11 Å². The molecule has 1 aromatic heterocycles. The molecule has 0 aliphatic carbocycles. The van der Waals surface area contributed by atoms with Gasteiger partial charge < -0.3 is 14.9 Å². The number of piperidine rings is 1. The zero-order valence-corrected chi connectivity index (χ0v) is 17.9. The molecule has 2 fully saturated rings. The summed E-state index contributed by atoms with van der Waals surface area (Å²) in [4.78, 5) is 74.1. The summed E-state index contributed by atoms with van der Waals surface area (Å²) in [6.07, 6.45) is 2.79. The van der Waals surface area contributed by atoms with Crippen LogP contribution in [0.2, 0.25) is 0 Å². The van der Waals surface area contributed by atoms with Crippen molar-refractivity contribution >= 4 is 41.1 Å². The molecule has 0 spiro atoms. The molecule has 12 nitrogen and oxygen atoms in total. The van der Waals surface area contributed by atoms with Crippen LogP contribution in [0.25, 0.3) is 0 Å². The summed E-state index contributed by atoms with van der Waals surface area (Å²) in [5.41, 5.74) is 0.976. The quantitative estimate of drug-likeness (QED) is 0.587. The zero-order chi connectivity index (χ0) is 24.0. The number of imide groups is 2. The summed E-state index contributed by atoms with van der Waals surface area (Å²) in [5, 5.41) is 11.2. The first kappa shape index (κ1) is 21.5. The van der Waals surface area contributed by atoms with Crippen molar-refractivity contribution in [2.75, 3.05) is 36.0 Å². The van der Waals surface area contributed by atoms with Crippen LogP contribution < -0.4 is 15.1 Å². The standard InChI is InChI=1S/C22H20N6O6/c29-17-5-4-15(19(30)25-17)28-20(31)12-2-1-3-14(18(12)21(28)32)26-6-8-27(9-7-26)16-11-23-13(10-24-16)22(33)34/h1-3,10-11,15H,4-9H2,(H,33,34)(H,25,29,30). The first-order chi connectivity index (χ1) is 16.3. The largest absolute Gasteiger partial charge is 0.476 e. The molecule has 2 aromatic rings. The van der Waals surface area contributed by atoms with E-state index in [0.717, 1.165) is 4.90 Å². The maximum absolute atomic E-state index is 13.3. The maximum Gasteiger partial charge on any atom is 0.356 e. The predicted octanol–water partition coefficient (Wildman–Crippen LogP) is -0.0974. The lowest BCUT2D eigenvalue weighted by Crippen LogP contribution is -2.54. The topological polar surface area (TPSA) is 153 Å². The second-order valence-electron chi connectivity index (χ2n) is 8.19. The van der Waals surface area contributed by atoms with Gasteiger partial charge in [0, 0.05) is 32.6 Å². The Kier molecular flexibility index (Phi) is 5.19. The maximum atomic E-state index is 13.3. The van der Waals surface area contributed by atoms with E-state index in [-0.39, 0.29) is 29.7 Å². The summed E-state index contributed by atoms with van der Waals surface area (Å²) >= 11 is 0. The number of nitrogens with zero attached hydrogens (tertiary/aromatic N) is 5. The second-order valence-corrected chi connectivity index (χ2v) is 8.19. The molecule has 34 heavy (non-hydrogen) atoms. The van der Waals surface area contributed by atoms with Crippen LogP contribution in [-0.2, 0) is 9.59 Å². The van der Waals surface area contributed by atoms with Gasteiger partial charge >= 0.3 is 5.97 Å². The highest BCUT2D eigenvalue weighted by molar-refractivity contribution is 6.25. The Morgan fingerprint density at radius 1 is 0.971 bits per heavy atom. The second kappa shape index (κ2) is 8.21. The monoisotopic (exact) mass is 464 g/mol. The fourth-order valence-electron chi connectivity index (χ4n) is 4.53. The smallest absolute Gasteiger partial charge is 0.356 e. The van der Waals surface area contributed by atoms with Crippen molar-refractivity contribution in [2.45, 2.75) is 18.9 Å². The van der Waals surface area contributed by atoms with Crippen LogP contribution in [0, 0.1) is 0 Å². The van der Waals surface area contributed by atoms with Crippen molar-refractivity contribution in [3.05, 3.63) is 47.4 Å². The Morgan fingerprint density at radius 2 is 1.71 bits per heavy atom. The molecule has 12 heteroatoms. The molecule has 4 amide bonds. The van der Waals surface area contributed by atoms with Crippen molar-refractivity contribution in [1.29, 1.82) is 0 Å². The minimum atomic E-state index is -1.15. The minimum Gasteiger partial charge on any atom is -0.476 e. The number of benzene rings is 1. The van der Waals surface area contributed by atoms with Crippen molar-refractivity contribution < 1.29 is 29.1 Å². The highest BCUT2D eigenvalue weighted by Crippen LogP contribution is 2.34. The summed E-state index contributed by atoms with van der Waals surface area (Å²) in [7, 11) is 0. The molecule has 2 N–H and O–H groups in total. The average Bonchev–Trinajstić information content (AvgIpc) is 3.09. The van der Waals surface area contributed by atoms with Gasteiger partial charge in [0.1, 0.15) is 11.9 Å². The Labute approximate surface area is 193 Å². The van der Waals surface area contributed by atoms with Gasteiger partial charge in [0.05, 0.1) is 29.2 Å². The van der Waals surface area contributed by atoms with Crippen LogP contribution in [0.15, 0.2) is 30.6 Å². The van der Waals surface area contributed by atoms with Gasteiger partial charge in [0.15, 0.2) is 5.69 Å². The number of carboxylic acids is 1. The van der Waals surface area contributed by atoms with Crippen LogP contribution >= 0.6 is 0 Å². The lowest BCUT2D eigenvalue weighted by atomic mass is 10.0. The Balaban J connectivity index is 1.34. The molecule has 1 aromatic carbocycles. The third-order valence-electron chi connectivity index (χ3n) is 6.25. The third kappa shape index (κ3) is 3.52. The first-order valence-electron chi connectivity index (χ1n) is 10.7. The number of nitrogens with one attached hydrogen (secondary N) is 1.